The monoisotopic (exact) mass is 573 g/mol. The molecule has 1 aromatic heterocycles. The number of carbonyl (C=O) groups excluding carboxylic acids is 1. The summed E-state index contributed by atoms with van der Waals surface area (Å²) in [4.78, 5) is 35.1. The summed E-state index contributed by atoms with van der Waals surface area (Å²) in [6.07, 6.45) is 3.06. The molecule has 9 nitrogen and oxygen atoms in total. The Morgan fingerprint density at radius 2 is 1.80 bits per heavy atom. The molecule has 1 aliphatic heterocycles. The van der Waals surface area contributed by atoms with Crippen molar-refractivity contribution in [1.29, 1.82) is 0 Å². The molecule has 2 heterocycles. The van der Waals surface area contributed by atoms with Crippen LogP contribution in [-0.4, -0.2) is 37.1 Å². The summed E-state index contributed by atoms with van der Waals surface area (Å²) < 4.78 is 7.29. The maximum Gasteiger partial charge on any atom is 0.342 e. The fourth-order valence-corrected chi connectivity index (χ4v) is 5.28. The second kappa shape index (κ2) is 12.2. The van der Waals surface area contributed by atoms with Crippen molar-refractivity contribution in [1.82, 2.24) is 14.5 Å². The third-order valence-corrected chi connectivity index (χ3v) is 7.51. The molecule has 0 unspecified atom stereocenters. The molecule has 5 rings (SSSR count). The second-order valence-corrected chi connectivity index (χ2v) is 10.2. The summed E-state index contributed by atoms with van der Waals surface area (Å²) in [5, 5.41) is 12.3. The highest BCUT2D eigenvalue weighted by Gasteiger charge is 2.34. The summed E-state index contributed by atoms with van der Waals surface area (Å²) in [5.74, 6) is 0.937. The van der Waals surface area contributed by atoms with E-state index in [4.69, 9.17) is 21.3 Å². The number of aromatic nitrogens is 2. The number of nitrogens with zero attached hydrogens (tertiary/aromatic N) is 5. The molecule has 0 bridgehead atoms. The number of amidine groups is 1. The van der Waals surface area contributed by atoms with Gasteiger partial charge < -0.3 is 14.9 Å². The molecule has 202 valence electrons. The number of amides is 1. The molecule has 3 aromatic carbocycles. The first-order chi connectivity index (χ1) is 19.4. The predicted molar refractivity (Wildman–Crippen MR) is 157 cm³/mol. The topological polar surface area (TPSA) is 103 Å². The molecule has 4 aromatic rings. The molecule has 0 aliphatic carbocycles. The van der Waals surface area contributed by atoms with E-state index in [0.717, 1.165) is 16.8 Å². The van der Waals surface area contributed by atoms with Gasteiger partial charge in [-0.3, -0.25) is 9.69 Å². The minimum absolute atomic E-state index is 0.0689. The number of hydrogen-bond acceptors (Lipinski definition) is 7. The summed E-state index contributed by atoms with van der Waals surface area (Å²) in [7, 11) is 0. The zero-order valence-corrected chi connectivity index (χ0v) is 23.0. The highest BCUT2D eigenvalue weighted by Crippen LogP contribution is 2.36. The molecule has 0 atom stereocenters. The minimum Gasteiger partial charge on any atom is -0.489 e. The molecule has 1 saturated heterocycles. The molecule has 0 N–H and O–H groups in total. The number of benzene rings is 3. The lowest BCUT2D eigenvalue weighted by Crippen LogP contribution is -2.28. The van der Waals surface area contributed by atoms with E-state index < -0.39 is 4.92 Å². The Bertz CT molecular complexity index is 1600. The van der Waals surface area contributed by atoms with E-state index in [1.54, 1.807) is 30.0 Å². The van der Waals surface area contributed by atoms with Crippen LogP contribution >= 0.6 is 23.4 Å². The van der Waals surface area contributed by atoms with Gasteiger partial charge in [0.05, 0.1) is 17.1 Å². The normalized spacial score (nSPS) is 15.2. The number of hydrogen-bond donors (Lipinski definition) is 0. The van der Waals surface area contributed by atoms with Crippen molar-refractivity contribution >= 4 is 52.0 Å². The Morgan fingerprint density at radius 1 is 1.07 bits per heavy atom. The van der Waals surface area contributed by atoms with Gasteiger partial charge in [-0.15, -0.1) is 0 Å². The fourth-order valence-electron chi connectivity index (χ4n) is 4.09. The van der Waals surface area contributed by atoms with Crippen LogP contribution in [0.4, 0.5) is 11.5 Å². The van der Waals surface area contributed by atoms with Crippen molar-refractivity contribution in [2.75, 3.05) is 6.61 Å². The zero-order chi connectivity index (χ0) is 28.1. The molecule has 1 aliphatic rings. The maximum atomic E-state index is 13.5. The molecular weight excluding hydrogens is 550 g/mol. The lowest BCUT2D eigenvalue weighted by molar-refractivity contribution is -0.392. The van der Waals surface area contributed by atoms with Crippen LogP contribution in [0, 0.1) is 17.0 Å². The quantitative estimate of drug-likeness (QED) is 0.126. The lowest BCUT2D eigenvalue weighted by atomic mass is 10.2. The van der Waals surface area contributed by atoms with E-state index in [2.05, 4.69) is 4.98 Å². The number of carbonyl (C=O) groups is 1. The Balaban J connectivity index is 1.31. The molecule has 40 heavy (non-hydrogen) atoms. The minimum atomic E-state index is -0.462. The van der Waals surface area contributed by atoms with Crippen molar-refractivity contribution < 1.29 is 14.5 Å². The number of halogens is 1. The number of ether oxygens (including phenoxy) is 1. The number of imidazole rings is 1. The number of rotatable bonds is 9. The fraction of sp³-hybridized carbons (Fsp3) is 0.138. The molecule has 1 amide bonds. The van der Waals surface area contributed by atoms with E-state index in [1.165, 1.54) is 22.5 Å². The van der Waals surface area contributed by atoms with Crippen molar-refractivity contribution in [2.24, 2.45) is 4.99 Å². The number of para-hydroxylation sites is 1. The van der Waals surface area contributed by atoms with Gasteiger partial charge in [-0.1, -0.05) is 60.1 Å². The van der Waals surface area contributed by atoms with E-state index in [-0.39, 0.29) is 18.3 Å². The first-order valence-corrected chi connectivity index (χ1v) is 13.6. The van der Waals surface area contributed by atoms with Gasteiger partial charge in [0.15, 0.2) is 11.0 Å². The van der Waals surface area contributed by atoms with E-state index in [9.17, 15) is 14.9 Å². The van der Waals surface area contributed by atoms with Gasteiger partial charge in [-0.05, 0) is 64.2 Å². The van der Waals surface area contributed by atoms with Gasteiger partial charge in [-0.25, -0.2) is 14.5 Å². The van der Waals surface area contributed by atoms with Crippen molar-refractivity contribution in [3.05, 3.63) is 122 Å². The molecule has 0 radical (unpaired) electrons. The highest BCUT2D eigenvalue weighted by atomic mass is 35.5. The van der Waals surface area contributed by atoms with Crippen molar-refractivity contribution in [3.63, 3.8) is 0 Å². The van der Waals surface area contributed by atoms with Crippen LogP contribution in [0.2, 0.25) is 5.02 Å². The van der Waals surface area contributed by atoms with E-state index >= 15 is 0 Å². The van der Waals surface area contributed by atoms with Crippen LogP contribution < -0.4 is 4.74 Å². The van der Waals surface area contributed by atoms with Gasteiger partial charge in [0.25, 0.3) is 5.91 Å². The van der Waals surface area contributed by atoms with Gasteiger partial charge in [0.1, 0.15) is 25.1 Å². The molecule has 0 spiro atoms. The first kappa shape index (κ1) is 27.2. The van der Waals surface area contributed by atoms with Gasteiger partial charge >= 0.3 is 5.82 Å². The SMILES string of the molecule is Cc1ncc([N+](=O)[O-])n1CCOc1ccc(/C=C2\SC(=Nc3ccccc3)N(Cc3ccccc3Cl)C2=O)cc1. The van der Waals surface area contributed by atoms with Crippen LogP contribution in [0.1, 0.15) is 17.0 Å². The summed E-state index contributed by atoms with van der Waals surface area (Å²) in [6.45, 7) is 2.55. The van der Waals surface area contributed by atoms with Crippen LogP contribution in [0.3, 0.4) is 0 Å². The maximum absolute atomic E-state index is 13.5. The zero-order valence-electron chi connectivity index (χ0n) is 21.4. The highest BCUT2D eigenvalue weighted by molar-refractivity contribution is 8.18. The molecule has 1 fully saturated rings. The Kier molecular flexibility index (Phi) is 8.28. The van der Waals surface area contributed by atoms with E-state index in [1.807, 2.05) is 66.7 Å². The summed E-state index contributed by atoms with van der Waals surface area (Å²) in [6, 6.07) is 24.2. The predicted octanol–water partition coefficient (Wildman–Crippen LogP) is 6.64. The third-order valence-electron chi connectivity index (χ3n) is 6.14. The Morgan fingerprint density at radius 3 is 2.52 bits per heavy atom. The smallest absolute Gasteiger partial charge is 0.342 e. The molecule has 11 heteroatoms. The number of nitro groups is 1. The average molecular weight is 574 g/mol. The van der Waals surface area contributed by atoms with E-state index in [0.29, 0.717) is 39.8 Å². The van der Waals surface area contributed by atoms with Crippen LogP contribution in [0.5, 0.6) is 5.75 Å². The second-order valence-electron chi connectivity index (χ2n) is 8.81. The van der Waals surface area contributed by atoms with Gasteiger partial charge in [0, 0.05) is 11.9 Å². The number of thioether (sulfide) groups is 1. The summed E-state index contributed by atoms with van der Waals surface area (Å²) >= 11 is 7.70. The molecular formula is C29H24ClN5O4S. The third kappa shape index (κ3) is 6.24. The van der Waals surface area contributed by atoms with Crippen LogP contribution in [0.15, 0.2) is 95.0 Å². The number of aryl methyl sites for hydroxylation is 1. The van der Waals surface area contributed by atoms with Crippen molar-refractivity contribution in [2.45, 2.75) is 20.0 Å². The average Bonchev–Trinajstić information content (AvgIpc) is 3.46. The van der Waals surface area contributed by atoms with Gasteiger partial charge in [-0.2, -0.15) is 0 Å². The summed E-state index contributed by atoms with van der Waals surface area (Å²) in [5.41, 5.74) is 2.40. The number of aliphatic imine (C=N–C) groups is 1. The Hall–Kier alpha value is -4.41. The van der Waals surface area contributed by atoms with Crippen molar-refractivity contribution in [3.8, 4) is 5.75 Å². The first-order valence-electron chi connectivity index (χ1n) is 12.4. The standard InChI is InChI=1S/C29H24ClN5O4S/c1-20-31-18-27(35(37)38)33(20)15-16-39-24-13-11-21(12-14-24)17-26-28(36)34(19-22-7-5-6-10-25(22)30)29(40-26)32-23-8-3-2-4-9-23/h2-14,17-18H,15-16,19H2,1H3/b26-17-,32-29?. The molecule has 0 saturated carbocycles. The Labute approximate surface area is 239 Å². The van der Waals surface area contributed by atoms with Crippen LogP contribution in [-0.2, 0) is 17.9 Å². The van der Waals surface area contributed by atoms with Gasteiger partial charge in [0.2, 0.25) is 0 Å². The van der Waals surface area contributed by atoms with Crippen LogP contribution in [0.25, 0.3) is 6.08 Å². The lowest BCUT2D eigenvalue weighted by Gasteiger charge is -2.16. The largest absolute Gasteiger partial charge is 0.489 e.